The number of nitrogens with zero attached hydrogens (tertiary/aromatic N) is 7. The molecule has 0 radical (unpaired) electrons. The maximum atomic E-state index is 5.79. The van der Waals surface area contributed by atoms with Gasteiger partial charge < -0.3 is 10.1 Å². The number of rotatable bonds is 7. The van der Waals surface area contributed by atoms with Gasteiger partial charge in [0.1, 0.15) is 12.4 Å². The third kappa shape index (κ3) is 3.89. The summed E-state index contributed by atoms with van der Waals surface area (Å²) < 4.78 is 9.36. The number of hydrogen-bond acceptors (Lipinski definition) is 7. The van der Waals surface area contributed by atoms with Crippen LogP contribution < -0.4 is 10.1 Å². The molecule has 1 aliphatic carbocycles. The van der Waals surface area contributed by atoms with Gasteiger partial charge in [-0.3, -0.25) is 4.68 Å². The highest BCUT2D eigenvalue weighted by molar-refractivity contribution is 5.72. The lowest BCUT2D eigenvalue weighted by Gasteiger charge is -2.11. The first-order chi connectivity index (χ1) is 14.3. The summed E-state index contributed by atoms with van der Waals surface area (Å²) in [6.45, 7) is 1.26. The van der Waals surface area contributed by atoms with Crippen molar-refractivity contribution in [1.29, 1.82) is 0 Å². The Morgan fingerprint density at radius 2 is 2.00 bits per heavy atom. The van der Waals surface area contributed by atoms with E-state index in [2.05, 4.69) is 30.7 Å². The van der Waals surface area contributed by atoms with Crippen LogP contribution in [0, 0.1) is 0 Å². The minimum atomic E-state index is 0.454. The summed E-state index contributed by atoms with van der Waals surface area (Å²) in [5, 5.41) is 16.0. The molecule has 1 aromatic carbocycles. The number of nitrogens with one attached hydrogen (secondary N) is 1. The SMILES string of the molecule is c1cnn(CCOc2ccc(-n3nnc4cnc(NC5CCCC5)nc43)cc2)c1. The third-order valence-electron chi connectivity index (χ3n) is 5.11. The summed E-state index contributed by atoms with van der Waals surface area (Å²) >= 11 is 0. The number of hydrogen-bond donors (Lipinski definition) is 1. The molecule has 3 heterocycles. The number of anilines is 1. The molecular formula is C20H22N8O. The quantitative estimate of drug-likeness (QED) is 0.518. The topological polar surface area (TPSA) is 95.6 Å². The van der Waals surface area contributed by atoms with Gasteiger partial charge in [0.25, 0.3) is 0 Å². The van der Waals surface area contributed by atoms with E-state index < -0.39 is 0 Å². The molecule has 29 heavy (non-hydrogen) atoms. The second kappa shape index (κ2) is 7.86. The highest BCUT2D eigenvalue weighted by Gasteiger charge is 2.17. The number of fused-ring (bicyclic) bond motifs is 1. The van der Waals surface area contributed by atoms with Gasteiger partial charge in [-0.1, -0.05) is 18.1 Å². The fraction of sp³-hybridized carbons (Fsp3) is 0.350. The van der Waals surface area contributed by atoms with Crippen LogP contribution >= 0.6 is 0 Å². The van der Waals surface area contributed by atoms with Crippen LogP contribution in [0.5, 0.6) is 5.75 Å². The smallest absolute Gasteiger partial charge is 0.225 e. The van der Waals surface area contributed by atoms with Crippen LogP contribution in [0.4, 0.5) is 5.95 Å². The van der Waals surface area contributed by atoms with Crippen molar-refractivity contribution in [3.05, 3.63) is 48.9 Å². The first-order valence-electron chi connectivity index (χ1n) is 9.91. The molecule has 0 spiro atoms. The minimum absolute atomic E-state index is 0.454. The molecule has 0 atom stereocenters. The largest absolute Gasteiger partial charge is 0.492 e. The van der Waals surface area contributed by atoms with Crippen molar-refractivity contribution in [2.45, 2.75) is 38.3 Å². The van der Waals surface area contributed by atoms with Gasteiger partial charge in [-0.2, -0.15) is 14.8 Å². The van der Waals surface area contributed by atoms with Crippen LogP contribution in [0.25, 0.3) is 16.9 Å². The fourth-order valence-electron chi connectivity index (χ4n) is 3.60. The fourth-order valence-corrected chi connectivity index (χ4v) is 3.60. The molecule has 4 aromatic rings. The van der Waals surface area contributed by atoms with Crippen LogP contribution in [-0.4, -0.2) is 47.4 Å². The molecule has 148 valence electrons. The maximum absolute atomic E-state index is 5.79. The summed E-state index contributed by atoms with van der Waals surface area (Å²) in [5.41, 5.74) is 2.23. The zero-order valence-corrected chi connectivity index (χ0v) is 16.0. The van der Waals surface area contributed by atoms with Crippen molar-refractivity contribution in [3.8, 4) is 11.4 Å². The average Bonchev–Trinajstić information content (AvgIpc) is 3.51. The van der Waals surface area contributed by atoms with Crippen molar-refractivity contribution in [1.82, 2.24) is 34.7 Å². The Hall–Kier alpha value is -3.49. The molecule has 1 N–H and O–H groups in total. The van der Waals surface area contributed by atoms with Crippen LogP contribution in [0.15, 0.2) is 48.9 Å². The van der Waals surface area contributed by atoms with Gasteiger partial charge in [-0.25, -0.2) is 4.98 Å². The highest BCUT2D eigenvalue weighted by Crippen LogP contribution is 2.22. The van der Waals surface area contributed by atoms with Crippen molar-refractivity contribution < 1.29 is 4.74 Å². The Labute approximate surface area is 167 Å². The normalized spacial score (nSPS) is 14.5. The Morgan fingerprint density at radius 3 is 2.79 bits per heavy atom. The second-order valence-corrected chi connectivity index (χ2v) is 7.14. The van der Waals surface area contributed by atoms with Gasteiger partial charge in [0, 0.05) is 18.4 Å². The molecule has 0 amide bonds. The molecule has 5 rings (SSSR count). The van der Waals surface area contributed by atoms with E-state index in [1.165, 1.54) is 25.7 Å². The molecule has 0 aliphatic heterocycles. The molecule has 9 nitrogen and oxygen atoms in total. The standard InChI is InChI=1S/C20H22N8O/c1-2-5-15(4-1)23-20-21-14-18-19(24-20)28(26-25-18)16-6-8-17(9-7-16)29-13-12-27-11-3-10-22-27/h3,6-11,14-15H,1-2,4-5,12-13H2,(H,21,23,24). The summed E-state index contributed by atoms with van der Waals surface area (Å²) in [6, 6.07) is 10.1. The van der Waals surface area contributed by atoms with E-state index in [1.54, 1.807) is 17.1 Å². The van der Waals surface area contributed by atoms with Crippen molar-refractivity contribution >= 4 is 17.1 Å². The van der Waals surface area contributed by atoms with Gasteiger partial charge in [0.2, 0.25) is 5.95 Å². The van der Waals surface area contributed by atoms with E-state index in [1.807, 2.05) is 41.2 Å². The molecular weight excluding hydrogens is 368 g/mol. The van der Waals surface area contributed by atoms with E-state index >= 15 is 0 Å². The Morgan fingerprint density at radius 1 is 1.14 bits per heavy atom. The summed E-state index contributed by atoms with van der Waals surface area (Å²) in [6.07, 6.45) is 10.2. The first-order valence-corrected chi connectivity index (χ1v) is 9.91. The van der Waals surface area contributed by atoms with Gasteiger partial charge in [0.15, 0.2) is 11.2 Å². The molecule has 0 bridgehead atoms. The van der Waals surface area contributed by atoms with Crippen molar-refractivity contribution in [2.24, 2.45) is 0 Å². The molecule has 0 saturated heterocycles. The van der Waals surface area contributed by atoms with Crippen LogP contribution in [0.1, 0.15) is 25.7 Å². The molecule has 0 unspecified atom stereocenters. The van der Waals surface area contributed by atoms with Crippen molar-refractivity contribution in [3.63, 3.8) is 0 Å². The molecule has 9 heteroatoms. The van der Waals surface area contributed by atoms with Crippen LogP contribution in [0.2, 0.25) is 0 Å². The Bertz CT molecular complexity index is 1070. The summed E-state index contributed by atoms with van der Waals surface area (Å²) in [5.74, 6) is 1.43. The molecule has 3 aromatic heterocycles. The molecule has 1 saturated carbocycles. The second-order valence-electron chi connectivity index (χ2n) is 7.14. The average molecular weight is 390 g/mol. The molecule has 1 aliphatic rings. The lowest BCUT2D eigenvalue weighted by Crippen LogP contribution is -2.16. The Kier molecular flexibility index (Phi) is 4.77. The molecule has 1 fully saturated rings. The monoisotopic (exact) mass is 390 g/mol. The highest BCUT2D eigenvalue weighted by atomic mass is 16.5. The number of benzene rings is 1. The zero-order chi connectivity index (χ0) is 19.5. The van der Waals surface area contributed by atoms with E-state index in [0.717, 1.165) is 11.4 Å². The maximum Gasteiger partial charge on any atom is 0.225 e. The predicted molar refractivity (Wildman–Crippen MR) is 108 cm³/mol. The summed E-state index contributed by atoms with van der Waals surface area (Å²) in [7, 11) is 0. The van der Waals surface area contributed by atoms with Gasteiger partial charge in [-0.05, 0) is 43.2 Å². The number of ether oxygens (including phenoxy) is 1. The Balaban J connectivity index is 1.30. The van der Waals surface area contributed by atoms with E-state index in [0.29, 0.717) is 36.3 Å². The van der Waals surface area contributed by atoms with E-state index in [9.17, 15) is 0 Å². The minimum Gasteiger partial charge on any atom is -0.492 e. The van der Waals surface area contributed by atoms with E-state index in [-0.39, 0.29) is 0 Å². The van der Waals surface area contributed by atoms with Gasteiger partial charge in [0.05, 0.1) is 18.4 Å². The lowest BCUT2D eigenvalue weighted by molar-refractivity contribution is 0.291. The zero-order valence-electron chi connectivity index (χ0n) is 16.0. The van der Waals surface area contributed by atoms with Crippen molar-refractivity contribution in [2.75, 3.05) is 11.9 Å². The van der Waals surface area contributed by atoms with E-state index in [4.69, 9.17) is 4.74 Å². The third-order valence-corrected chi connectivity index (χ3v) is 5.11. The summed E-state index contributed by atoms with van der Waals surface area (Å²) in [4.78, 5) is 9.03. The van der Waals surface area contributed by atoms with Gasteiger partial charge >= 0.3 is 0 Å². The van der Waals surface area contributed by atoms with Crippen LogP contribution in [-0.2, 0) is 6.54 Å². The van der Waals surface area contributed by atoms with Crippen LogP contribution in [0.3, 0.4) is 0 Å². The first kappa shape index (κ1) is 17.6. The van der Waals surface area contributed by atoms with Gasteiger partial charge in [-0.15, -0.1) is 5.10 Å². The lowest BCUT2D eigenvalue weighted by atomic mass is 10.2. The number of aromatic nitrogens is 7. The predicted octanol–water partition coefficient (Wildman–Crippen LogP) is 2.84.